The lowest BCUT2D eigenvalue weighted by atomic mass is 10.0. The van der Waals surface area contributed by atoms with Crippen molar-refractivity contribution in [1.29, 1.82) is 0 Å². The monoisotopic (exact) mass is 154 g/mol. The number of hydrogen-bond acceptors (Lipinski definition) is 0. The molecule has 0 aliphatic heterocycles. The van der Waals surface area contributed by atoms with Crippen LogP contribution in [0.25, 0.3) is 12.2 Å². The normalized spacial score (nSPS) is 11.3. The smallest absolute Gasteiger partial charge is 0.123 e. The number of benzene rings is 1. The fourth-order valence-electron chi connectivity index (χ4n) is 1.17. The Morgan fingerprint density at radius 2 is 1.25 bits per heavy atom. The average Bonchev–Trinajstić information content (AvgIpc) is 2.09. The molecule has 0 saturated carbocycles. The molecular formula is C10H12B2. The lowest BCUT2D eigenvalue weighted by Gasteiger charge is -1.98. The highest BCUT2D eigenvalue weighted by atomic mass is 13.9. The van der Waals surface area contributed by atoms with Crippen LogP contribution in [-0.4, -0.2) is 15.7 Å². The van der Waals surface area contributed by atoms with Crippen LogP contribution in [0.1, 0.15) is 11.1 Å². The summed E-state index contributed by atoms with van der Waals surface area (Å²) in [5.74, 6) is 4.12. The largest absolute Gasteiger partial charge is 0.129 e. The molecule has 0 atom stereocenters. The van der Waals surface area contributed by atoms with Gasteiger partial charge in [0.25, 0.3) is 0 Å². The Bertz CT molecular complexity index is 269. The molecule has 0 aromatic heterocycles. The van der Waals surface area contributed by atoms with Gasteiger partial charge < -0.3 is 0 Å². The van der Waals surface area contributed by atoms with Gasteiger partial charge in [0.05, 0.1) is 0 Å². The third kappa shape index (κ3) is 2.16. The van der Waals surface area contributed by atoms with E-state index in [1.54, 1.807) is 0 Å². The molecule has 1 rings (SSSR count). The summed E-state index contributed by atoms with van der Waals surface area (Å²) in [6.07, 6.45) is 4.24. The summed E-state index contributed by atoms with van der Waals surface area (Å²) in [5.41, 5.74) is 2.55. The minimum Gasteiger partial charge on any atom is -0.123 e. The van der Waals surface area contributed by atoms with Gasteiger partial charge in [0, 0.05) is 0 Å². The summed E-state index contributed by atoms with van der Waals surface area (Å²) < 4.78 is 0. The topological polar surface area (TPSA) is 0 Å². The molecule has 0 aliphatic rings. The molecule has 0 unspecified atom stereocenters. The van der Waals surface area contributed by atoms with Gasteiger partial charge in [-0.2, -0.15) is 0 Å². The van der Waals surface area contributed by atoms with Crippen LogP contribution in [0.2, 0.25) is 0 Å². The van der Waals surface area contributed by atoms with Crippen molar-refractivity contribution in [3.63, 3.8) is 0 Å². The summed E-state index contributed by atoms with van der Waals surface area (Å²) in [6.45, 7) is 0. The van der Waals surface area contributed by atoms with Gasteiger partial charge in [0.1, 0.15) is 15.7 Å². The maximum absolute atomic E-state index is 2.12. The Morgan fingerprint density at radius 1 is 0.833 bits per heavy atom. The molecule has 12 heavy (non-hydrogen) atoms. The van der Waals surface area contributed by atoms with E-state index in [4.69, 9.17) is 0 Å². The molecule has 0 aliphatic carbocycles. The van der Waals surface area contributed by atoms with Crippen molar-refractivity contribution in [3.8, 4) is 0 Å². The van der Waals surface area contributed by atoms with Crippen molar-refractivity contribution in [2.45, 2.75) is 0 Å². The van der Waals surface area contributed by atoms with Crippen LogP contribution in [0.5, 0.6) is 0 Å². The molecule has 0 fully saturated rings. The molecule has 0 bridgehead atoms. The van der Waals surface area contributed by atoms with Crippen LogP contribution in [0.4, 0.5) is 0 Å². The highest BCUT2D eigenvalue weighted by molar-refractivity contribution is 6.20. The molecule has 1 aromatic carbocycles. The van der Waals surface area contributed by atoms with Crippen molar-refractivity contribution < 1.29 is 0 Å². The Balaban J connectivity index is 3.08. The van der Waals surface area contributed by atoms with Crippen LogP contribution in [0.15, 0.2) is 36.2 Å². The SMILES string of the molecule is B/C=C/c1ccccc1/C=C/B. The van der Waals surface area contributed by atoms with Crippen molar-refractivity contribution in [3.05, 3.63) is 47.3 Å². The summed E-state index contributed by atoms with van der Waals surface area (Å²) in [5, 5.41) is 0. The minimum atomic E-state index is 1.28. The Kier molecular flexibility index (Phi) is 3.46. The second kappa shape index (κ2) is 4.66. The van der Waals surface area contributed by atoms with Crippen molar-refractivity contribution >= 4 is 27.8 Å². The minimum absolute atomic E-state index is 1.28. The maximum atomic E-state index is 2.12. The third-order valence-corrected chi connectivity index (χ3v) is 1.69. The lowest BCUT2D eigenvalue weighted by Crippen LogP contribution is -1.78. The van der Waals surface area contributed by atoms with Gasteiger partial charge in [-0.1, -0.05) is 36.4 Å². The Labute approximate surface area is 75.8 Å². The van der Waals surface area contributed by atoms with E-state index >= 15 is 0 Å². The zero-order chi connectivity index (χ0) is 8.81. The highest BCUT2D eigenvalue weighted by Crippen LogP contribution is 2.11. The number of rotatable bonds is 2. The first-order valence-electron chi connectivity index (χ1n) is 4.23. The van der Waals surface area contributed by atoms with E-state index in [-0.39, 0.29) is 0 Å². The fraction of sp³-hybridized carbons (Fsp3) is 0. The first-order valence-corrected chi connectivity index (χ1v) is 4.23. The van der Waals surface area contributed by atoms with Gasteiger partial charge in [0.15, 0.2) is 0 Å². The molecular weight excluding hydrogens is 142 g/mol. The fourth-order valence-corrected chi connectivity index (χ4v) is 1.17. The van der Waals surface area contributed by atoms with E-state index in [0.29, 0.717) is 0 Å². The van der Waals surface area contributed by atoms with Crippen LogP contribution in [0.3, 0.4) is 0 Å². The second-order valence-corrected chi connectivity index (χ2v) is 2.63. The average molecular weight is 154 g/mol. The third-order valence-electron chi connectivity index (χ3n) is 1.69. The maximum Gasteiger partial charge on any atom is 0.129 e. The molecule has 0 heterocycles. The zero-order valence-corrected chi connectivity index (χ0v) is 7.62. The van der Waals surface area contributed by atoms with Gasteiger partial charge in [-0.15, -0.1) is 12.0 Å². The van der Waals surface area contributed by atoms with E-state index in [9.17, 15) is 0 Å². The summed E-state index contributed by atoms with van der Waals surface area (Å²) in [7, 11) is 4.07. The first kappa shape index (κ1) is 8.92. The molecule has 0 nitrogen and oxygen atoms in total. The van der Waals surface area contributed by atoms with E-state index < -0.39 is 0 Å². The first-order chi connectivity index (χ1) is 5.88. The molecule has 0 radical (unpaired) electrons. The van der Waals surface area contributed by atoms with Gasteiger partial charge in [-0.05, 0) is 11.1 Å². The van der Waals surface area contributed by atoms with Gasteiger partial charge >= 0.3 is 0 Å². The Hall–Kier alpha value is -1.17. The summed E-state index contributed by atoms with van der Waals surface area (Å²) >= 11 is 0. The molecule has 0 spiro atoms. The second-order valence-electron chi connectivity index (χ2n) is 2.63. The Morgan fingerprint density at radius 3 is 1.58 bits per heavy atom. The summed E-state index contributed by atoms with van der Waals surface area (Å²) in [6, 6.07) is 8.36. The van der Waals surface area contributed by atoms with Gasteiger partial charge in [0.2, 0.25) is 0 Å². The lowest BCUT2D eigenvalue weighted by molar-refractivity contribution is 1.62. The van der Waals surface area contributed by atoms with E-state index in [1.165, 1.54) is 11.1 Å². The molecule has 2 heteroatoms. The number of hydrogen-bond donors (Lipinski definition) is 0. The predicted octanol–water partition coefficient (Wildman–Crippen LogP) is 0.894. The van der Waals surface area contributed by atoms with Gasteiger partial charge in [-0.3, -0.25) is 0 Å². The highest BCUT2D eigenvalue weighted by Gasteiger charge is 1.91. The quantitative estimate of drug-likeness (QED) is 0.554. The van der Waals surface area contributed by atoms with Crippen LogP contribution < -0.4 is 0 Å². The van der Waals surface area contributed by atoms with Crippen LogP contribution in [-0.2, 0) is 0 Å². The zero-order valence-electron chi connectivity index (χ0n) is 7.62. The molecule has 0 amide bonds. The van der Waals surface area contributed by atoms with Crippen molar-refractivity contribution in [2.24, 2.45) is 0 Å². The molecule has 58 valence electrons. The van der Waals surface area contributed by atoms with Crippen LogP contribution in [0, 0.1) is 0 Å². The molecule has 1 aromatic rings. The predicted molar refractivity (Wildman–Crippen MR) is 61.6 cm³/mol. The molecule has 0 N–H and O–H groups in total. The van der Waals surface area contributed by atoms with Crippen molar-refractivity contribution in [1.82, 2.24) is 0 Å². The standard InChI is InChI=1S/C10H12B2/c11-7-5-9-3-1-2-4-10(9)6-8-12/h1-8H,11-12H2/b7-5+,8-6+. The van der Waals surface area contributed by atoms with Gasteiger partial charge in [-0.25, -0.2) is 0 Å². The summed E-state index contributed by atoms with van der Waals surface area (Å²) in [4.78, 5) is 0. The van der Waals surface area contributed by atoms with E-state index in [1.807, 2.05) is 15.7 Å². The van der Waals surface area contributed by atoms with Crippen molar-refractivity contribution in [2.75, 3.05) is 0 Å². The molecule has 0 saturated heterocycles. The van der Waals surface area contributed by atoms with E-state index in [0.717, 1.165) is 0 Å². The van der Waals surface area contributed by atoms with Crippen LogP contribution >= 0.6 is 0 Å². The van der Waals surface area contributed by atoms with E-state index in [2.05, 4.69) is 48.4 Å².